The van der Waals surface area contributed by atoms with E-state index in [2.05, 4.69) is 4.72 Å². The second-order valence-electron chi connectivity index (χ2n) is 7.36. The number of rotatable bonds is 8. The molecule has 2 N–H and O–H groups in total. The van der Waals surface area contributed by atoms with Crippen molar-refractivity contribution in [2.75, 3.05) is 7.11 Å². The van der Waals surface area contributed by atoms with Gasteiger partial charge in [-0.05, 0) is 48.9 Å². The Bertz CT molecular complexity index is 1160. The molecule has 0 fully saturated rings. The zero-order valence-corrected chi connectivity index (χ0v) is 18.4. The maximum absolute atomic E-state index is 13.2. The van der Waals surface area contributed by atoms with Crippen LogP contribution in [0.25, 0.3) is 0 Å². The summed E-state index contributed by atoms with van der Waals surface area (Å²) in [7, 11) is -2.37. The average Bonchev–Trinajstić information content (AvgIpc) is 2.77. The highest BCUT2D eigenvalue weighted by atomic mass is 32.2. The molecule has 0 aromatic heterocycles. The van der Waals surface area contributed by atoms with Crippen molar-refractivity contribution < 1.29 is 23.1 Å². The first-order chi connectivity index (χ1) is 14.7. The Labute approximate surface area is 182 Å². The lowest BCUT2D eigenvalue weighted by molar-refractivity contribution is 0.0906. The Morgan fingerprint density at radius 3 is 2.16 bits per heavy atom. The minimum Gasteiger partial charge on any atom is -0.507 e. The summed E-state index contributed by atoms with van der Waals surface area (Å²) in [6.45, 7) is 3.51. The number of ketones is 1. The van der Waals surface area contributed by atoms with Gasteiger partial charge in [-0.2, -0.15) is 0 Å². The minimum atomic E-state index is -3.91. The van der Waals surface area contributed by atoms with Crippen LogP contribution in [0.4, 0.5) is 0 Å². The molecule has 0 bridgehead atoms. The normalized spacial score (nSPS) is 13.4. The van der Waals surface area contributed by atoms with Gasteiger partial charge in [-0.25, -0.2) is 13.1 Å². The summed E-state index contributed by atoms with van der Waals surface area (Å²) in [6, 6.07) is 18.7. The monoisotopic (exact) mass is 439 g/mol. The largest absolute Gasteiger partial charge is 0.507 e. The molecule has 3 rings (SSSR count). The first kappa shape index (κ1) is 22.5. The predicted octanol–water partition coefficient (Wildman–Crippen LogP) is 4.25. The van der Waals surface area contributed by atoms with E-state index in [4.69, 9.17) is 4.74 Å². The van der Waals surface area contributed by atoms with E-state index in [1.165, 1.54) is 31.4 Å². The Kier molecular flexibility index (Phi) is 6.77. The molecule has 0 aliphatic heterocycles. The molecular formula is C24H25NO5S. The number of ether oxygens (including phenoxy) is 1. The minimum absolute atomic E-state index is 0.110. The van der Waals surface area contributed by atoms with Crippen molar-refractivity contribution in [1.82, 2.24) is 4.72 Å². The second-order valence-corrected chi connectivity index (χ2v) is 9.07. The van der Waals surface area contributed by atoms with Gasteiger partial charge < -0.3 is 9.84 Å². The van der Waals surface area contributed by atoms with Gasteiger partial charge in [-0.15, -0.1) is 0 Å². The lowest BCUT2D eigenvalue weighted by Crippen LogP contribution is -2.35. The summed E-state index contributed by atoms with van der Waals surface area (Å²) in [5.74, 6) is -0.690. The molecule has 0 aliphatic rings. The van der Waals surface area contributed by atoms with Crippen LogP contribution in [0.1, 0.15) is 34.5 Å². The van der Waals surface area contributed by atoms with Gasteiger partial charge in [0.2, 0.25) is 10.0 Å². The van der Waals surface area contributed by atoms with Crippen molar-refractivity contribution in [2.45, 2.75) is 24.8 Å². The van der Waals surface area contributed by atoms with E-state index in [1.54, 1.807) is 55.5 Å². The predicted molar refractivity (Wildman–Crippen MR) is 119 cm³/mol. The number of hydrogen-bond donors (Lipinski definition) is 2. The third-order valence-corrected chi connectivity index (χ3v) is 6.63. The molecule has 0 saturated heterocycles. The SMILES string of the molecule is COc1ccc([C@H](NS(=O)(=O)c2ccc(C)cc2)[C@@H](C)C(=O)c2ccccc2O)cc1. The number of hydrogen-bond acceptors (Lipinski definition) is 5. The van der Waals surface area contributed by atoms with Crippen LogP contribution in [0, 0.1) is 12.8 Å². The Morgan fingerprint density at radius 1 is 0.968 bits per heavy atom. The van der Waals surface area contributed by atoms with E-state index in [1.807, 2.05) is 6.92 Å². The second kappa shape index (κ2) is 9.32. The molecule has 0 unspecified atom stereocenters. The maximum Gasteiger partial charge on any atom is 0.241 e. The number of sulfonamides is 1. The van der Waals surface area contributed by atoms with E-state index >= 15 is 0 Å². The van der Waals surface area contributed by atoms with E-state index in [9.17, 15) is 18.3 Å². The van der Waals surface area contributed by atoms with E-state index in [0.29, 0.717) is 11.3 Å². The van der Waals surface area contributed by atoms with Gasteiger partial charge in [-0.3, -0.25) is 4.79 Å². The summed E-state index contributed by atoms with van der Waals surface area (Å²) in [5, 5.41) is 10.1. The third-order valence-electron chi connectivity index (χ3n) is 5.17. The zero-order valence-electron chi connectivity index (χ0n) is 17.6. The number of carbonyl (C=O) groups is 1. The van der Waals surface area contributed by atoms with Crippen LogP contribution in [-0.2, 0) is 10.0 Å². The fourth-order valence-corrected chi connectivity index (χ4v) is 4.61. The van der Waals surface area contributed by atoms with E-state index in [-0.39, 0.29) is 22.0 Å². The van der Waals surface area contributed by atoms with Gasteiger partial charge in [0, 0.05) is 5.92 Å². The molecule has 3 aromatic carbocycles. The summed E-state index contributed by atoms with van der Waals surface area (Å²) >= 11 is 0. The highest BCUT2D eigenvalue weighted by Crippen LogP contribution is 2.31. The number of methoxy groups -OCH3 is 1. The molecule has 0 aliphatic carbocycles. The van der Waals surface area contributed by atoms with Crippen molar-refractivity contribution in [3.05, 3.63) is 89.5 Å². The molecule has 0 saturated carbocycles. The summed E-state index contributed by atoms with van der Waals surface area (Å²) in [5.41, 5.74) is 1.68. The van der Waals surface area contributed by atoms with Crippen molar-refractivity contribution >= 4 is 15.8 Å². The van der Waals surface area contributed by atoms with Crippen LogP contribution in [-0.4, -0.2) is 26.4 Å². The van der Waals surface area contributed by atoms with Crippen molar-refractivity contribution in [1.29, 1.82) is 0 Å². The zero-order chi connectivity index (χ0) is 22.6. The average molecular weight is 440 g/mol. The number of para-hydroxylation sites is 1. The molecule has 0 amide bonds. The van der Waals surface area contributed by atoms with E-state index in [0.717, 1.165) is 5.56 Å². The first-order valence-electron chi connectivity index (χ1n) is 9.78. The highest BCUT2D eigenvalue weighted by molar-refractivity contribution is 7.89. The van der Waals surface area contributed by atoms with Crippen LogP contribution < -0.4 is 9.46 Å². The molecule has 2 atom stereocenters. The Morgan fingerprint density at radius 2 is 1.58 bits per heavy atom. The van der Waals surface area contributed by atoms with Crippen molar-refractivity contribution in [2.24, 2.45) is 5.92 Å². The summed E-state index contributed by atoms with van der Waals surface area (Å²) in [4.78, 5) is 13.3. The number of Topliss-reactive ketones (excluding diaryl/α,β-unsaturated/α-hetero) is 1. The highest BCUT2D eigenvalue weighted by Gasteiger charge is 2.31. The van der Waals surface area contributed by atoms with Crippen LogP contribution in [0.15, 0.2) is 77.7 Å². The Hall–Kier alpha value is -3.16. The molecule has 0 spiro atoms. The topological polar surface area (TPSA) is 92.7 Å². The quantitative estimate of drug-likeness (QED) is 0.512. The van der Waals surface area contributed by atoms with Crippen LogP contribution in [0.3, 0.4) is 0 Å². The number of nitrogens with one attached hydrogen (secondary N) is 1. The molecular weight excluding hydrogens is 414 g/mol. The fourth-order valence-electron chi connectivity index (χ4n) is 3.30. The molecule has 162 valence electrons. The fraction of sp³-hybridized carbons (Fsp3) is 0.208. The third kappa shape index (κ3) is 5.13. The standard InChI is InChI=1S/C24H25NO5S/c1-16-8-14-20(15-9-16)31(28,29)25-23(18-10-12-19(30-3)13-11-18)17(2)24(27)21-6-4-5-7-22(21)26/h4-15,17,23,25-26H,1-3H3/t17-,23-/m1/s1. The van der Waals surface area contributed by atoms with Gasteiger partial charge in [0.25, 0.3) is 0 Å². The summed E-state index contributed by atoms with van der Waals surface area (Å²) in [6.07, 6.45) is 0. The number of aryl methyl sites for hydroxylation is 1. The van der Waals surface area contributed by atoms with E-state index < -0.39 is 22.0 Å². The molecule has 7 heteroatoms. The van der Waals surface area contributed by atoms with Crippen LogP contribution in [0.2, 0.25) is 0 Å². The first-order valence-corrected chi connectivity index (χ1v) is 11.3. The molecule has 6 nitrogen and oxygen atoms in total. The summed E-state index contributed by atoms with van der Waals surface area (Å²) < 4.78 is 34.0. The van der Waals surface area contributed by atoms with Gasteiger partial charge in [0.1, 0.15) is 11.5 Å². The number of phenolic OH excluding ortho intramolecular Hbond substituents is 1. The van der Waals surface area contributed by atoms with Gasteiger partial charge >= 0.3 is 0 Å². The molecule has 0 radical (unpaired) electrons. The number of phenols is 1. The number of benzene rings is 3. The molecule has 31 heavy (non-hydrogen) atoms. The van der Waals surface area contributed by atoms with Gasteiger partial charge in [0.05, 0.1) is 23.6 Å². The molecule has 3 aromatic rings. The van der Waals surface area contributed by atoms with Crippen LogP contribution in [0.5, 0.6) is 11.5 Å². The van der Waals surface area contributed by atoms with Crippen molar-refractivity contribution in [3.63, 3.8) is 0 Å². The number of carbonyl (C=O) groups excluding carboxylic acids is 1. The smallest absolute Gasteiger partial charge is 0.241 e. The lowest BCUT2D eigenvalue weighted by Gasteiger charge is -2.25. The molecule has 0 heterocycles. The van der Waals surface area contributed by atoms with Crippen molar-refractivity contribution in [3.8, 4) is 11.5 Å². The maximum atomic E-state index is 13.2. The number of aromatic hydroxyl groups is 1. The van der Waals surface area contributed by atoms with Gasteiger partial charge in [0.15, 0.2) is 5.78 Å². The van der Waals surface area contributed by atoms with Gasteiger partial charge in [-0.1, -0.05) is 48.9 Å². The Balaban J connectivity index is 2.00. The lowest BCUT2D eigenvalue weighted by atomic mass is 9.88. The van der Waals surface area contributed by atoms with Crippen LogP contribution >= 0.6 is 0 Å².